The topological polar surface area (TPSA) is 64.6 Å². The second-order valence-electron chi connectivity index (χ2n) is 5.29. The number of esters is 1. The Bertz CT molecular complexity index is 810. The second kappa shape index (κ2) is 7.98. The molecule has 0 aromatic heterocycles. The van der Waals surface area contributed by atoms with Gasteiger partial charge in [-0.1, -0.05) is 17.7 Å². The monoisotopic (exact) mass is 365 g/mol. The van der Waals surface area contributed by atoms with E-state index in [4.69, 9.17) is 21.1 Å². The van der Waals surface area contributed by atoms with Gasteiger partial charge < -0.3 is 14.8 Å². The lowest BCUT2D eigenvalue weighted by Crippen LogP contribution is -2.30. The number of benzene rings is 2. The van der Waals surface area contributed by atoms with E-state index in [1.54, 1.807) is 25.1 Å². The van der Waals surface area contributed by atoms with Gasteiger partial charge in [0.2, 0.25) is 0 Å². The van der Waals surface area contributed by atoms with Crippen molar-refractivity contribution in [1.82, 2.24) is 0 Å². The van der Waals surface area contributed by atoms with E-state index in [0.29, 0.717) is 16.3 Å². The third kappa shape index (κ3) is 4.48. The van der Waals surface area contributed by atoms with Crippen molar-refractivity contribution in [3.63, 3.8) is 0 Å². The van der Waals surface area contributed by atoms with Crippen LogP contribution in [-0.4, -0.2) is 25.1 Å². The number of methoxy groups -OCH3 is 1. The van der Waals surface area contributed by atoms with Crippen molar-refractivity contribution in [2.75, 3.05) is 12.4 Å². The third-order valence-corrected chi connectivity index (χ3v) is 3.98. The average Bonchev–Trinajstić information content (AvgIpc) is 2.58. The minimum absolute atomic E-state index is 0.274. The van der Waals surface area contributed by atoms with Crippen molar-refractivity contribution in [2.24, 2.45) is 0 Å². The highest BCUT2D eigenvalue weighted by molar-refractivity contribution is 6.31. The van der Waals surface area contributed by atoms with Crippen molar-refractivity contribution in [1.29, 1.82) is 0 Å². The Kier molecular flexibility index (Phi) is 5.98. The number of amides is 1. The predicted octanol–water partition coefficient (Wildman–Crippen LogP) is 3.98. The number of hydrogen-bond donors (Lipinski definition) is 1. The average molecular weight is 366 g/mol. The number of carbonyl (C=O) groups is 2. The highest BCUT2D eigenvalue weighted by atomic mass is 35.5. The Morgan fingerprint density at radius 1 is 1.24 bits per heavy atom. The maximum Gasteiger partial charge on any atom is 0.341 e. The Morgan fingerprint density at radius 3 is 2.60 bits per heavy atom. The van der Waals surface area contributed by atoms with Crippen molar-refractivity contribution >= 4 is 29.2 Å². The number of carbonyl (C=O) groups excluding carboxylic acids is 2. The van der Waals surface area contributed by atoms with E-state index >= 15 is 0 Å². The highest BCUT2D eigenvalue weighted by Crippen LogP contribution is 2.23. The minimum Gasteiger partial charge on any atom is -0.497 e. The number of hydrogen-bond acceptors (Lipinski definition) is 4. The molecule has 0 aliphatic carbocycles. The van der Waals surface area contributed by atoms with Crippen LogP contribution in [0.2, 0.25) is 5.02 Å². The molecule has 0 fully saturated rings. The molecule has 25 heavy (non-hydrogen) atoms. The first-order valence-electron chi connectivity index (χ1n) is 7.44. The van der Waals surface area contributed by atoms with Gasteiger partial charge in [0.25, 0.3) is 5.91 Å². The molecule has 2 aromatic rings. The first kappa shape index (κ1) is 18.7. The Morgan fingerprint density at radius 2 is 1.96 bits per heavy atom. The quantitative estimate of drug-likeness (QED) is 0.814. The van der Waals surface area contributed by atoms with Gasteiger partial charge in [-0.25, -0.2) is 9.18 Å². The molecule has 1 N–H and O–H groups in total. The molecule has 132 valence electrons. The zero-order valence-corrected chi connectivity index (χ0v) is 14.7. The van der Waals surface area contributed by atoms with E-state index in [2.05, 4.69) is 5.32 Å². The molecule has 7 heteroatoms. The summed E-state index contributed by atoms with van der Waals surface area (Å²) >= 11 is 5.99. The van der Waals surface area contributed by atoms with Gasteiger partial charge in [-0.3, -0.25) is 4.79 Å². The lowest BCUT2D eigenvalue weighted by Gasteiger charge is -2.15. The smallest absolute Gasteiger partial charge is 0.341 e. The summed E-state index contributed by atoms with van der Waals surface area (Å²) in [5.41, 5.74) is 0.924. The minimum atomic E-state index is -1.12. The third-order valence-electron chi connectivity index (χ3n) is 3.57. The Labute approximate surface area is 149 Å². The van der Waals surface area contributed by atoms with Crippen molar-refractivity contribution in [2.45, 2.75) is 20.0 Å². The fourth-order valence-electron chi connectivity index (χ4n) is 2.04. The highest BCUT2D eigenvalue weighted by Gasteiger charge is 2.22. The molecule has 1 atom stereocenters. The summed E-state index contributed by atoms with van der Waals surface area (Å²) in [5.74, 6) is -2.00. The van der Waals surface area contributed by atoms with Crippen LogP contribution in [0.4, 0.5) is 10.1 Å². The van der Waals surface area contributed by atoms with Crippen LogP contribution >= 0.6 is 11.6 Å². The SMILES string of the molecule is COc1ccc(C(=O)O[C@H](C)C(=O)Nc2cccc(Cl)c2C)c(F)c1. The van der Waals surface area contributed by atoms with Crippen LogP contribution in [-0.2, 0) is 9.53 Å². The molecule has 0 spiro atoms. The van der Waals surface area contributed by atoms with Crippen LogP contribution < -0.4 is 10.1 Å². The van der Waals surface area contributed by atoms with Crippen LogP contribution in [0.3, 0.4) is 0 Å². The number of rotatable bonds is 5. The molecule has 2 aromatic carbocycles. The molecular weight excluding hydrogens is 349 g/mol. The molecule has 2 rings (SSSR count). The molecule has 0 aliphatic rings. The predicted molar refractivity (Wildman–Crippen MR) is 92.6 cm³/mol. The van der Waals surface area contributed by atoms with Gasteiger partial charge >= 0.3 is 5.97 Å². The van der Waals surface area contributed by atoms with Crippen molar-refractivity contribution < 1.29 is 23.5 Å². The van der Waals surface area contributed by atoms with Gasteiger partial charge in [0.05, 0.1) is 12.7 Å². The Balaban J connectivity index is 2.05. The maximum atomic E-state index is 13.9. The van der Waals surface area contributed by atoms with Crippen molar-refractivity contribution in [3.05, 3.63) is 58.4 Å². The maximum absolute atomic E-state index is 13.9. The number of anilines is 1. The standard InChI is InChI=1S/C18H17ClFNO4/c1-10-14(19)5-4-6-16(10)21-17(22)11(2)25-18(23)13-8-7-12(24-3)9-15(13)20/h4-9,11H,1-3H3,(H,21,22)/t11-/m1/s1. The normalized spacial score (nSPS) is 11.6. The molecule has 0 saturated heterocycles. The molecule has 0 aliphatic heterocycles. The van der Waals surface area contributed by atoms with E-state index < -0.39 is 23.8 Å². The van der Waals surface area contributed by atoms with E-state index in [-0.39, 0.29) is 11.3 Å². The summed E-state index contributed by atoms with van der Waals surface area (Å²) in [6.07, 6.45) is -1.12. The molecule has 0 saturated carbocycles. The van der Waals surface area contributed by atoms with Gasteiger partial charge in [0.1, 0.15) is 11.6 Å². The molecule has 0 heterocycles. The van der Waals surface area contributed by atoms with E-state index in [9.17, 15) is 14.0 Å². The largest absolute Gasteiger partial charge is 0.497 e. The van der Waals surface area contributed by atoms with Gasteiger partial charge in [0.15, 0.2) is 6.10 Å². The van der Waals surface area contributed by atoms with Crippen LogP contribution in [0, 0.1) is 12.7 Å². The molecule has 0 radical (unpaired) electrons. The lowest BCUT2D eigenvalue weighted by atomic mass is 10.2. The summed E-state index contributed by atoms with van der Waals surface area (Å²) in [7, 11) is 1.39. The summed E-state index contributed by atoms with van der Waals surface area (Å²) in [6, 6.07) is 8.80. The van der Waals surface area contributed by atoms with Crippen LogP contribution in [0.25, 0.3) is 0 Å². The molecule has 0 bridgehead atoms. The summed E-state index contributed by atoms with van der Waals surface area (Å²) in [6.45, 7) is 3.15. The van der Waals surface area contributed by atoms with Gasteiger partial charge in [-0.2, -0.15) is 0 Å². The molecule has 1 amide bonds. The van der Waals surface area contributed by atoms with E-state index in [0.717, 1.165) is 6.07 Å². The zero-order valence-electron chi connectivity index (χ0n) is 13.9. The van der Waals surface area contributed by atoms with Gasteiger partial charge in [0, 0.05) is 16.8 Å². The van der Waals surface area contributed by atoms with Crippen LogP contribution in [0.1, 0.15) is 22.8 Å². The lowest BCUT2D eigenvalue weighted by molar-refractivity contribution is -0.123. The first-order valence-corrected chi connectivity index (χ1v) is 7.81. The number of ether oxygens (including phenoxy) is 2. The zero-order chi connectivity index (χ0) is 18.6. The van der Waals surface area contributed by atoms with Crippen LogP contribution in [0.15, 0.2) is 36.4 Å². The Hall–Kier alpha value is -2.60. The van der Waals surface area contributed by atoms with Gasteiger partial charge in [-0.15, -0.1) is 0 Å². The number of halogens is 2. The van der Waals surface area contributed by atoms with Crippen LogP contribution in [0.5, 0.6) is 5.75 Å². The summed E-state index contributed by atoms with van der Waals surface area (Å²) in [4.78, 5) is 24.2. The molecular formula is C18H17ClFNO4. The van der Waals surface area contributed by atoms with E-state index in [1.165, 1.54) is 26.2 Å². The molecule has 5 nitrogen and oxygen atoms in total. The summed E-state index contributed by atoms with van der Waals surface area (Å²) < 4.78 is 23.8. The second-order valence-corrected chi connectivity index (χ2v) is 5.70. The summed E-state index contributed by atoms with van der Waals surface area (Å²) in [5, 5.41) is 3.13. The first-order chi connectivity index (χ1) is 11.8. The number of nitrogens with one attached hydrogen (secondary N) is 1. The van der Waals surface area contributed by atoms with E-state index in [1.807, 2.05) is 0 Å². The fraction of sp³-hybridized carbons (Fsp3) is 0.222. The van der Waals surface area contributed by atoms with Gasteiger partial charge in [-0.05, 0) is 43.7 Å². The van der Waals surface area contributed by atoms with Crippen molar-refractivity contribution in [3.8, 4) is 5.75 Å². The fourth-order valence-corrected chi connectivity index (χ4v) is 2.22. The molecule has 0 unspecified atom stereocenters.